The van der Waals surface area contributed by atoms with Gasteiger partial charge in [-0.2, -0.15) is 24.6 Å². The zero-order valence-electron chi connectivity index (χ0n) is 7.64. The molecule has 1 aromatic carbocycles. The SMILES string of the molecule is [CH2-]CCC.[F-].[F-].[F-].[Ti+3].c1cc[cH-]c1. The van der Waals surface area contributed by atoms with Crippen LogP contribution in [0.1, 0.15) is 19.8 Å². The zero-order chi connectivity index (χ0) is 6.95. The van der Waals surface area contributed by atoms with Crippen molar-refractivity contribution in [2.24, 2.45) is 0 Å². The van der Waals surface area contributed by atoms with Crippen LogP contribution < -0.4 is 14.1 Å². The van der Waals surface area contributed by atoms with Gasteiger partial charge < -0.3 is 21.0 Å². The Balaban J connectivity index is -0.0000000256. The van der Waals surface area contributed by atoms with Crippen molar-refractivity contribution in [1.29, 1.82) is 0 Å². The van der Waals surface area contributed by atoms with Crippen molar-refractivity contribution in [2.75, 3.05) is 0 Å². The second-order valence-corrected chi connectivity index (χ2v) is 1.82. The van der Waals surface area contributed by atoms with E-state index in [4.69, 9.17) is 0 Å². The third-order valence-corrected chi connectivity index (χ3v) is 0.909. The summed E-state index contributed by atoms with van der Waals surface area (Å²) in [4.78, 5) is 0. The summed E-state index contributed by atoms with van der Waals surface area (Å²) in [5.74, 6) is 0. The number of hydrogen-bond donors (Lipinski definition) is 0. The van der Waals surface area contributed by atoms with Gasteiger partial charge in [-0.3, -0.25) is 0 Å². The van der Waals surface area contributed by atoms with Crippen molar-refractivity contribution in [1.82, 2.24) is 0 Å². The Morgan fingerprint density at radius 2 is 1.38 bits per heavy atom. The molecular formula is C9H14F3Ti-2. The third kappa shape index (κ3) is 33.6. The van der Waals surface area contributed by atoms with Crippen molar-refractivity contribution in [3.05, 3.63) is 37.3 Å². The Kier molecular flexibility index (Phi) is 67.0. The van der Waals surface area contributed by atoms with E-state index >= 15 is 0 Å². The van der Waals surface area contributed by atoms with Gasteiger partial charge in [-0.1, -0.05) is 13.3 Å². The van der Waals surface area contributed by atoms with Crippen molar-refractivity contribution in [3.63, 3.8) is 0 Å². The number of hydrogen-bond acceptors (Lipinski definition) is 0. The molecule has 0 bridgehead atoms. The van der Waals surface area contributed by atoms with Gasteiger partial charge in [0.2, 0.25) is 0 Å². The van der Waals surface area contributed by atoms with Gasteiger partial charge in [0, 0.05) is 0 Å². The summed E-state index contributed by atoms with van der Waals surface area (Å²) in [7, 11) is 0. The summed E-state index contributed by atoms with van der Waals surface area (Å²) >= 11 is 0. The minimum absolute atomic E-state index is 0. The first-order valence-electron chi connectivity index (χ1n) is 3.37. The minimum Gasteiger partial charge on any atom is -1.00 e. The van der Waals surface area contributed by atoms with E-state index in [0.717, 1.165) is 6.42 Å². The van der Waals surface area contributed by atoms with E-state index in [-0.39, 0.29) is 35.8 Å². The van der Waals surface area contributed by atoms with Crippen molar-refractivity contribution < 1.29 is 35.8 Å². The van der Waals surface area contributed by atoms with Crippen LogP contribution >= 0.6 is 0 Å². The summed E-state index contributed by atoms with van der Waals surface area (Å²) in [5, 5.41) is 0. The van der Waals surface area contributed by atoms with Crippen molar-refractivity contribution in [3.8, 4) is 0 Å². The van der Waals surface area contributed by atoms with E-state index < -0.39 is 0 Å². The fourth-order valence-corrected chi connectivity index (χ4v) is 0.321. The molecule has 77 valence electrons. The van der Waals surface area contributed by atoms with Crippen LogP contribution in [0.15, 0.2) is 30.3 Å². The first-order chi connectivity index (χ1) is 4.41. The van der Waals surface area contributed by atoms with Crippen molar-refractivity contribution in [2.45, 2.75) is 19.8 Å². The predicted molar refractivity (Wildman–Crippen MR) is 42.3 cm³/mol. The maximum Gasteiger partial charge on any atom is 3.00 e. The number of rotatable bonds is 1. The second kappa shape index (κ2) is 29.7. The summed E-state index contributed by atoms with van der Waals surface area (Å²) in [6.07, 6.45) is 2.28. The van der Waals surface area contributed by atoms with Gasteiger partial charge in [0.25, 0.3) is 0 Å². The summed E-state index contributed by atoms with van der Waals surface area (Å²) in [5.41, 5.74) is 0. The Hall–Kier alpha value is -0.146. The summed E-state index contributed by atoms with van der Waals surface area (Å²) < 4.78 is 0. The molecule has 1 aromatic rings. The fourth-order valence-electron chi connectivity index (χ4n) is 0.321. The van der Waals surface area contributed by atoms with Gasteiger partial charge in [0.15, 0.2) is 0 Å². The van der Waals surface area contributed by atoms with Crippen LogP contribution in [0.25, 0.3) is 0 Å². The molecule has 0 saturated carbocycles. The second-order valence-electron chi connectivity index (χ2n) is 1.82. The molecule has 1 radical (unpaired) electrons. The van der Waals surface area contributed by atoms with Gasteiger partial charge in [0.1, 0.15) is 0 Å². The molecule has 4 heteroatoms. The van der Waals surface area contributed by atoms with Gasteiger partial charge >= 0.3 is 21.7 Å². The predicted octanol–water partition coefficient (Wildman–Crippen LogP) is -5.96. The third-order valence-electron chi connectivity index (χ3n) is 0.909. The Labute approximate surface area is 93.1 Å². The van der Waals surface area contributed by atoms with Crippen LogP contribution in [0, 0.1) is 6.92 Å². The monoisotopic (exact) mass is 227 g/mol. The normalized spacial score (nSPS) is 5.38. The quantitative estimate of drug-likeness (QED) is 0.331. The molecular weight excluding hydrogens is 213 g/mol. The molecule has 0 amide bonds. The first kappa shape index (κ1) is 29.3. The van der Waals surface area contributed by atoms with Crippen LogP contribution in [-0.4, -0.2) is 0 Å². The Morgan fingerprint density at radius 1 is 1.08 bits per heavy atom. The molecule has 0 aliphatic rings. The standard InChI is InChI=1S/C5H5.C4H9.3FH.Ti/c1-2-4-5-3-1;1-3-4-2;;;;/h1-5H;1,3-4H2,2H3;3*1H;/q2*-1;;;;+3/p-3. The van der Waals surface area contributed by atoms with Gasteiger partial charge in [-0.05, 0) is 0 Å². The topological polar surface area (TPSA) is 0 Å². The maximum atomic E-state index is 3.60. The molecule has 0 spiro atoms. The minimum atomic E-state index is 0. The van der Waals surface area contributed by atoms with E-state index in [0.29, 0.717) is 0 Å². The molecule has 0 aromatic heterocycles. The molecule has 0 heterocycles. The molecule has 0 aliphatic carbocycles. The van der Waals surface area contributed by atoms with Crippen LogP contribution in [0.5, 0.6) is 0 Å². The zero-order valence-corrected chi connectivity index (χ0v) is 9.20. The van der Waals surface area contributed by atoms with Gasteiger partial charge in [0.05, 0.1) is 0 Å². The number of halogens is 3. The van der Waals surface area contributed by atoms with Crippen molar-refractivity contribution >= 4 is 0 Å². The first-order valence-corrected chi connectivity index (χ1v) is 3.37. The molecule has 0 fully saturated rings. The molecule has 0 unspecified atom stereocenters. The maximum absolute atomic E-state index is 3.60. The summed E-state index contributed by atoms with van der Waals surface area (Å²) in [6, 6.07) is 10.0. The van der Waals surface area contributed by atoms with Crippen LogP contribution in [0.3, 0.4) is 0 Å². The van der Waals surface area contributed by atoms with Crippen LogP contribution in [0.2, 0.25) is 0 Å². The smallest absolute Gasteiger partial charge is 1.00 e. The van der Waals surface area contributed by atoms with E-state index in [1.54, 1.807) is 0 Å². The van der Waals surface area contributed by atoms with E-state index in [9.17, 15) is 0 Å². The molecule has 0 atom stereocenters. The average Bonchev–Trinajstić information content (AvgIpc) is 2.43. The Morgan fingerprint density at radius 3 is 1.46 bits per heavy atom. The van der Waals surface area contributed by atoms with E-state index in [1.165, 1.54) is 6.42 Å². The molecule has 0 saturated heterocycles. The van der Waals surface area contributed by atoms with Gasteiger partial charge in [-0.15, -0.1) is 0 Å². The number of unbranched alkanes of at least 4 members (excludes halogenated alkanes) is 1. The molecule has 0 aliphatic heterocycles. The Bertz CT molecular complexity index is 90.4. The largest absolute Gasteiger partial charge is 3.00 e. The summed E-state index contributed by atoms with van der Waals surface area (Å²) in [6.45, 7) is 5.72. The molecule has 0 nitrogen and oxygen atoms in total. The fraction of sp³-hybridized carbons (Fsp3) is 0.333. The molecule has 0 N–H and O–H groups in total. The average molecular weight is 227 g/mol. The van der Waals surface area contributed by atoms with Gasteiger partial charge in [-0.25, -0.2) is 12.1 Å². The van der Waals surface area contributed by atoms with Crippen LogP contribution in [-0.2, 0) is 21.7 Å². The molecule has 1 rings (SSSR count). The van der Waals surface area contributed by atoms with E-state index in [1.807, 2.05) is 30.3 Å². The van der Waals surface area contributed by atoms with E-state index in [2.05, 4.69) is 13.8 Å². The van der Waals surface area contributed by atoms with Crippen LogP contribution in [0.4, 0.5) is 0 Å². The molecule has 13 heavy (non-hydrogen) atoms.